The van der Waals surface area contributed by atoms with Gasteiger partial charge >= 0.3 is 0 Å². The van der Waals surface area contributed by atoms with Crippen molar-refractivity contribution in [1.29, 1.82) is 0 Å². The van der Waals surface area contributed by atoms with Crippen LogP contribution < -0.4 is 5.73 Å². The lowest BCUT2D eigenvalue weighted by atomic mass is 9.70. The second-order valence-corrected chi connectivity index (χ2v) is 6.51. The number of hydrogen-bond acceptors (Lipinski definition) is 2. The van der Waals surface area contributed by atoms with E-state index in [9.17, 15) is 4.79 Å². The molecule has 0 atom stereocenters. The number of nitrogens with two attached hydrogens (primary N) is 1. The fourth-order valence-corrected chi connectivity index (χ4v) is 3.83. The van der Waals surface area contributed by atoms with Gasteiger partial charge in [0.05, 0.1) is 0 Å². The maximum absolute atomic E-state index is 11.0. The van der Waals surface area contributed by atoms with Crippen LogP contribution in [0.15, 0.2) is 48.7 Å². The molecule has 1 aliphatic heterocycles. The number of primary amides is 1. The summed E-state index contributed by atoms with van der Waals surface area (Å²) in [5.74, 6) is -0.215. The summed E-state index contributed by atoms with van der Waals surface area (Å²) in [6.07, 6.45) is 4.70. The third kappa shape index (κ3) is 3.17. The van der Waals surface area contributed by atoms with Crippen molar-refractivity contribution in [2.24, 2.45) is 12.8 Å². The lowest BCUT2D eigenvalue weighted by Crippen LogP contribution is -2.45. The predicted molar refractivity (Wildman–Crippen MR) is 92.1 cm³/mol. The number of carbonyl (C=O) groups excluding carboxylic acids is 1. The molecule has 4 heteroatoms. The first-order valence-electron chi connectivity index (χ1n) is 8.30. The van der Waals surface area contributed by atoms with Crippen LogP contribution in [0, 0.1) is 0 Å². The number of carbonyl (C=O) groups is 1. The molecule has 2 aromatic rings. The topological polar surface area (TPSA) is 51.3 Å². The zero-order valence-electron chi connectivity index (χ0n) is 13.7. The van der Waals surface area contributed by atoms with E-state index in [1.807, 2.05) is 0 Å². The zero-order chi connectivity index (χ0) is 16.3. The van der Waals surface area contributed by atoms with Crippen molar-refractivity contribution >= 4 is 5.91 Å². The standard InChI is InChI=1S/C19H25N3O/c1-21-12-5-8-17(21)19(16-6-3-2-4-7-16)10-14-22(15-11-19)13-9-18(20)23/h2-8,12H,9-11,13-15H2,1H3,(H2,20,23). The van der Waals surface area contributed by atoms with Crippen molar-refractivity contribution < 1.29 is 4.79 Å². The van der Waals surface area contributed by atoms with E-state index in [0.29, 0.717) is 6.42 Å². The van der Waals surface area contributed by atoms with E-state index in [1.54, 1.807) is 0 Å². The van der Waals surface area contributed by atoms with Crippen LogP contribution in [0.3, 0.4) is 0 Å². The minimum absolute atomic E-state index is 0.0583. The van der Waals surface area contributed by atoms with Gasteiger partial charge < -0.3 is 15.2 Å². The fourth-order valence-electron chi connectivity index (χ4n) is 3.83. The first-order chi connectivity index (χ1) is 11.1. The van der Waals surface area contributed by atoms with E-state index >= 15 is 0 Å². The number of piperidine rings is 1. The van der Waals surface area contributed by atoms with Gasteiger partial charge in [-0.25, -0.2) is 0 Å². The molecule has 23 heavy (non-hydrogen) atoms. The Kier molecular flexibility index (Phi) is 4.53. The van der Waals surface area contributed by atoms with Crippen molar-refractivity contribution in [2.45, 2.75) is 24.7 Å². The molecule has 1 aromatic heterocycles. The molecule has 0 unspecified atom stereocenters. The van der Waals surface area contributed by atoms with Crippen molar-refractivity contribution in [2.75, 3.05) is 19.6 Å². The Hall–Kier alpha value is -2.07. The van der Waals surface area contributed by atoms with E-state index in [1.165, 1.54) is 11.3 Å². The van der Waals surface area contributed by atoms with Crippen molar-refractivity contribution in [3.8, 4) is 0 Å². The Morgan fingerprint density at radius 3 is 2.39 bits per heavy atom. The number of nitrogens with zero attached hydrogens (tertiary/aromatic N) is 2. The van der Waals surface area contributed by atoms with Crippen LogP contribution in [0.5, 0.6) is 0 Å². The van der Waals surface area contributed by atoms with Gasteiger partial charge in [0, 0.05) is 37.3 Å². The zero-order valence-corrected chi connectivity index (χ0v) is 13.7. The van der Waals surface area contributed by atoms with Crippen molar-refractivity contribution in [3.63, 3.8) is 0 Å². The van der Waals surface area contributed by atoms with Crippen molar-refractivity contribution in [3.05, 3.63) is 59.9 Å². The highest BCUT2D eigenvalue weighted by molar-refractivity contribution is 5.73. The molecule has 0 saturated carbocycles. The lowest BCUT2D eigenvalue weighted by Gasteiger charge is -2.42. The van der Waals surface area contributed by atoms with E-state index in [2.05, 4.69) is 65.2 Å². The van der Waals surface area contributed by atoms with Crippen LogP contribution in [0.1, 0.15) is 30.5 Å². The molecule has 1 aliphatic rings. The molecule has 1 saturated heterocycles. The lowest BCUT2D eigenvalue weighted by molar-refractivity contribution is -0.118. The Balaban J connectivity index is 1.85. The molecular weight excluding hydrogens is 286 g/mol. The molecule has 2 heterocycles. The molecule has 0 aliphatic carbocycles. The summed E-state index contributed by atoms with van der Waals surface area (Å²) >= 11 is 0. The molecule has 0 radical (unpaired) electrons. The SMILES string of the molecule is Cn1cccc1C1(c2ccccc2)CCN(CCC(N)=O)CC1. The number of benzene rings is 1. The number of amides is 1. The second-order valence-electron chi connectivity index (χ2n) is 6.51. The number of rotatable bonds is 5. The molecule has 0 bridgehead atoms. The van der Waals surface area contributed by atoms with Gasteiger partial charge in [0.25, 0.3) is 0 Å². The highest BCUT2D eigenvalue weighted by atomic mass is 16.1. The molecule has 122 valence electrons. The van der Waals surface area contributed by atoms with Crippen LogP contribution >= 0.6 is 0 Å². The second kappa shape index (κ2) is 6.59. The molecule has 1 fully saturated rings. The highest BCUT2D eigenvalue weighted by Crippen LogP contribution is 2.41. The summed E-state index contributed by atoms with van der Waals surface area (Å²) in [7, 11) is 2.12. The van der Waals surface area contributed by atoms with Gasteiger partial charge in [0.2, 0.25) is 5.91 Å². The van der Waals surface area contributed by atoms with Gasteiger partial charge in [0.1, 0.15) is 0 Å². The minimum atomic E-state index is -0.215. The van der Waals surface area contributed by atoms with Gasteiger partial charge in [0.15, 0.2) is 0 Å². The van der Waals surface area contributed by atoms with E-state index in [-0.39, 0.29) is 11.3 Å². The number of aryl methyl sites for hydroxylation is 1. The smallest absolute Gasteiger partial charge is 0.218 e. The highest BCUT2D eigenvalue weighted by Gasteiger charge is 2.39. The average molecular weight is 311 g/mol. The van der Waals surface area contributed by atoms with Crippen LogP contribution in [0.2, 0.25) is 0 Å². The third-order valence-electron chi connectivity index (χ3n) is 5.14. The third-order valence-corrected chi connectivity index (χ3v) is 5.14. The number of hydrogen-bond donors (Lipinski definition) is 1. The summed E-state index contributed by atoms with van der Waals surface area (Å²) in [6.45, 7) is 2.76. The maximum Gasteiger partial charge on any atom is 0.218 e. The predicted octanol–water partition coefficient (Wildman–Crippen LogP) is 2.28. The molecule has 2 N–H and O–H groups in total. The van der Waals surface area contributed by atoms with Gasteiger partial charge in [-0.15, -0.1) is 0 Å². The van der Waals surface area contributed by atoms with Crippen LogP contribution in [0.25, 0.3) is 0 Å². The quantitative estimate of drug-likeness (QED) is 0.921. The Labute approximate surface area is 137 Å². The van der Waals surface area contributed by atoms with Crippen LogP contribution in [-0.2, 0) is 17.3 Å². The molecule has 0 spiro atoms. The van der Waals surface area contributed by atoms with Gasteiger partial charge in [-0.05, 0) is 43.6 Å². The average Bonchev–Trinajstić information content (AvgIpc) is 3.01. The summed E-state index contributed by atoms with van der Waals surface area (Å²) < 4.78 is 2.24. The Morgan fingerprint density at radius 1 is 1.13 bits per heavy atom. The monoisotopic (exact) mass is 311 g/mol. The largest absolute Gasteiger partial charge is 0.370 e. The molecule has 1 amide bonds. The van der Waals surface area contributed by atoms with E-state index in [0.717, 1.165) is 32.5 Å². The normalized spacial score (nSPS) is 18.0. The maximum atomic E-state index is 11.0. The summed E-state index contributed by atoms with van der Waals surface area (Å²) in [4.78, 5) is 13.4. The van der Waals surface area contributed by atoms with E-state index in [4.69, 9.17) is 5.73 Å². The fraction of sp³-hybridized carbons (Fsp3) is 0.421. The first kappa shape index (κ1) is 15.8. The summed E-state index contributed by atoms with van der Waals surface area (Å²) in [5, 5.41) is 0. The van der Waals surface area contributed by atoms with E-state index < -0.39 is 0 Å². The summed E-state index contributed by atoms with van der Waals surface area (Å²) in [6, 6.07) is 15.2. The molecule has 1 aromatic carbocycles. The minimum Gasteiger partial charge on any atom is -0.370 e. The van der Waals surface area contributed by atoms with Crippen LogP contribution in [0.4, 0.5) is 0 Å². The van der Waals surface area contributed by atoms with Gasteiger partial charge in [-0.2, -0.15) is 0 Å². The van der Waals surface area contributed by atoms with Crippen LogP contribution in [-0.4, -0.2) is 35.0 Å². The number of likely N-dealkylation sites (tertiary alicyclic amines) is 1. The van der Waals surface area contributed by atoms with Gasteiger partial charge in [-0.1, -0.05) is 30.3 Å². The Bertz CT molecular complexity index is 654. The Morgan fingerprint density at radius 2 is 1.83 bits per heavy atom. The molecular formula is C19H25N3O. The van der Waals surface area contributed by atoms with Gasteiger partial charge in [-0.3, -0.25) is 4.79 Å². The molecule has 3 rings (SSSR count). The first-order valence-corrected chi connectivity index (χ1v) is 8.30. The van der Waals surface area contributed by atoms with Crippen molar-refractivity contribution in [1.82, 2.24) is 9.47 Å². The summed E-state index contributed by atoms with van der Waals surface area (Å²) in [5.41, 5.74) is 8.10. The molecule has 4 nitrogen and oxygen atoms in total. The number of aromatic nitrogens is 1.